The molecule has 0 unspecified atom stereocenters. The highest BCUT2D eigenvalue weighted by molar-refractivity contribution is 5.68. The summed E-state index contributed by atoms with van der Waals surface area (Å²) in [7, 11) is 0. The highest BCUT2D eigenvalue weighted by Crippen LogP contribution is 2.13. The number of carbonyl (C=O) groups is 2. The smallest absolute Gasteiger partial charge is 0.410 e. The van der Waals surface area contributed by atoms with Crippen molar-refractivity contribution in [2.45, 2.75) is 59.3 Å². The third kappa shape index (κ3) is 10.9. The minimum atomic E-state index is -0.418. The molecule has 0 bridgehead atoms. The molecule has 8 nitrogen and oxygen atoms in total. The molecule has 1 aromatic rings. The summed E-state index contributed by atoms with van der Waals surface area (Å²) < 4.78 is 10.6. The van der Waals surface area contributed by atoms with E-state index >= 15 is 0 Å². The second-order valence-corrected chi connectivity index (χ2v) is 10.4. The zero-order valence-corrected chi connectivity index (χ0v) is 21.2. The van der Waals surface area contributed by atoms with Gasteiger partial charge in [0.1, 0.15) is 11.2 Å². The van der Waals surface area contributed by atoms with E-state index in [9.17, 15) is 9.59 Å². The molecular formula is C25H42N4O4. The molecule has 0 aliphatic carbocycles. The lowest BCUT2D eigenvalue weighted by molar-refractivity contribution is 0.0138. The maximum atomic E-state index is 12.0. The molecule has 2 aliphatic rings. The van der Waals surface area contributed by atoms with Crippen molar-refractivity contribution in [3.8, 4) is 0 Å². The molecule has 1 aromatic carbocycles. The van der Waals surface area contributed by atoms with Crippen molar-refractivity contribution in [2.24, 2.45) is 0 Å². The fraction of sp³-hybridized carbons (Fsp3) is 0.680. The van der Waals surface area contributed by atoms with Crippen LogP contribution in [0.25, 0.3) is 0 Å². The van der Waals surface area contributed by atoms with Crippen LogP contribution >= 0.6 is 0 Å². The van der Waals surface area contributed by atoms with E-state index in [4.69, 9.17) is 9.47 Å². The van der Waals surface area contributed by atoms with Crippen molar-refractivity contribution in [3.05, 3.63) is 35.9 Å². The van der Waals surface area contributed by atoms with E-state index in [1.807, 2.05) is 47.6 Å². The fourth-order valence-electron chi connectivity index (χ4n) is 3.43. The Labute approximate surface area is 199 Å². The second kappa shape index (κ2) is 12.2. The van der Waals surface area contributed by atoms with Gasteiger partial charge in [0, 0.05) is 58.9 Å². The molecule has 8 heteroatoms. The van der Waals surface area contributed by atoms with E-state index in [0.29, 0.717) is 0 Å². The molecule has 0 saturated carbocycles. The van der Waals surface area contributed by atoms with Crippen LogP contribution in [0.5, 0.6) is 0 Å². The molecule has 3 rings (SSSR count). The first-order valence-electron chi connectivity index (χ1n) is 11.9. The van der Waals surface area contributed by atoms with E-state index in [1.165, 1.54) is 5.56 Å². The Morgan fingerprint density at radius 2 is 1.21 bits per heavy atom. The summed E-state index contributed by atoms with van der Waals surface area (Å²) >= 11 is 0. The highest BCUT2D eigenvalue weighted by Gasteiger charge is 2.26. The Bertz CT molecular complexity index is 729. The lowest BCUT2D eigenvalue weighted by Crippen LogP contribution is -2.49. The molecule has 33 heavy (non-hydrogen) atoms. The average Bonchev–Trinajstić information content (AvgIpc) is 2.74. The predicted octanol–water partition coefficient (Wildman–Crippen LogP) is 3.57. The van der Waals surface area contributed by atoms with Crippen LogP contribution in [0.4, 0.5) is 9.59 Å². The molecular weight excluding hydrogens is 420 g/mol. The molecule has 0 atom stereocenters. The number of nitrogens with one attached hydrogen (secondary N) is 1. The van der Waals surface area contributed by atoms with Gasteiger partial charge < -0.3 is 24.6 Å². The molecule has 0 aromatic heterocycles. The molecule has 0 spiro atoms. The number of hydrogen-bond donors (Lipinski definition) is 1. The third-order valence-electron chi connectivity index (χ3n) is 5.04. The zero-order valence-electron chi connectivity index (χ0n) is 21.2. The first-order chi connectivity index (χ1) is 15.4. The molecule has 186 valence electrons. The van der Waals surface area contributed by atoms with E-state index in [1.54, 1.807) is 9.80 Å². The Kier molecular flexibility index (Phi) is 9.98. The van der Waals surface area contributed by atoms with Gasteiger partial charge in [-0.15, -0.1) is 0 Å². The SMILES string of the molecule is CC(C)(C)OC(=O)N1CCN(Cc2ccccc2)CC1.CC(C)(C)OC(=O)N1CCNCC1. The standard InChI is InChI=1S/C16H24N2O2.C9H18N2O2/c1-16(2,3)20-15(19)18-11-9-17(10-12-18)13-14-7-5-4-6-8-14;1-9(2,3)13-8(12)11-6-4-10-5-7-11/h4-8H,9-13H2,1-3H3;10H,4-7H2,1-3H3. The topological polar surface area (TPSA) is 74.4 Å². The van der Waals surface area contributed by atoms with E-state index in [0.717, 1.165) is 58.9 Å². The Morgan fingerprint density at radius 3 is 1.67 bits per heavy atom. The van der Waals surface area contributed by atoms with Crippen LogP contribution in [0.2, 0.25) is 0 Å². The van der Waals surface area contributed by atoms with Crippen molar-refractivity contribution < 1.29 is 19.1 Å². The summed E-state index contributed by atoms with van der Waals surface area (Å²) in [5.41, 5.74) is 0.512. The van der Waals surface area contributed by atoms with Gasteiger partial charge in [0.25, 0.3) is 0 Å². The van der Waals surface area contributed by atoms with Gasteiger partial charge in [-0.25, -0.2) is 9.59 Å². The van der Waals surface area contributed by atoms with Gasteiger partial charge in [0.05, 0.1) is 0 Å². The molecule has 1 N–H and O–H groups in total. The Hall–Kier alpha value is -2.32. The maximum absolute atomic E-state index is 12.0. The van der Waals surface area contributed by atoms with E-state index in [2.05, 4.69) is 34.5 Å². The van der Waals surface area contributed by atoms with Gasteiger partial charge in [0.15, 0.2) is 0 Å². The lowest BCUT2D eigenvalue weighted by atomic mass is 10.2. The number of ether oxygens (including phenoxy) is 2. The van der Waals surface area contributed by atoms with Crippen molar-refractivity contribution in [2.75, 3.05) is 52.4 Å². The van der Waals surface area contributed by atoms with E-state index < -0.39 is 5.60 Å². The van der Waals surface area contributed by atoms with Crippen LogP contribution in [-0.2, 0) is 16.0 Å². The molecule has 2 heterocycles. The van der Waals surface area contributed by atoms with Gasteiger partial charge in [0.2, 0.25) is 0 Å². The summed E-state index contributed by atoms with van der Waals surface area (Å²) in [5.74, 6) is 0. The number of piperazine rings is 2. The van der Waals surface area contributed by atoms with Crippen molar-refractivity contribution in [1.29, 1.82) is 0 Å². The van der Waals surface area contributed by atoms with Gasteiger partial charge in [-0.2, -0.15) is 0 Å². The van der Waals surface area contributed by atoms with Gasteiger partial charge in [-0.1, -0.05) is 30.3 Å². The molecule has 0 radical (unpaired) electrons. The minimum absolute atomic E-state index is 0.197. The summed E-state index contributed by atoms with van der Waals surface area (Å²) in [6.45, 7) is 18.8. The van der Waals surface area contributed by atoms with Gasteiger partial charge >= 0.3 is 12.2 Å². The average molecular weight is 463 g/mol. The van der Waals surface area contributed by atoms with Crippen LogP contribution in [0, 0.1) is 0 Å². The quantitative estimate of drug-likeness (QED) is 0.724. The van der Waals surface area contributed by atoms with Gasteiger partial charge in [-0.05, 0) is 47.1 Å². The summed E-state index contributed by atoms with van der Waals surface area (Å²) in [6, 6.07) is 10.4. The number of amides is 2. The molecule has 2 amide bonds. The number of rotatable bonds is 2. The first-order valence-corrected chi connectivity index (χ1v) is 11.9. The van der Waals surface area contributed by atoms with E-state index in [-0.39, 0.29) is 17.8 Å². The number of nitrogens with zero attached hydrogens (tertiary/aromatic N) is 3. The highest BCUT2D eigenvalue weighted by atomic mass is 16.6. The zero-order chi connectivity index (χ0) is 24.5. The predicted molar refractivity (Wildman–Crippen MR) is 130 cm³/mol. The fourth-order valence-corrected chi connectivity index (χ4v) is 3.43. The summed E-state index contributed by atoms with van der Waals surface area (Å²) in [5, 5.41) is 3.18. The van der Waals surface area contributed by atoms with Crippen molar-refractivity contribution in [1.82, 2.24) is 20.0 Å². The van der Waals surface area contributed by atoms with Crippen LogP contribution in [-0.4, -0.2) is 90.4 Å². The monoisotopic (exact) mass is 462 g/mol. The normalized spacial score (nSPS) is 17.6. The molecule has 2 fully saturated rings. The second-order valence-electron chi connectivity index (χ2n) is 10.4. The number of carbonyl (C=O) groups excluding carboxylic acids is 2. The van der Waals surface area contributed by atoms with Crippen LogP contribution in [0.3, 0.4) is 0 Å². The van der Waals surface area contributed by atoms with Crippen LogP contribution in [0.15, 0.2) is 30.3 Å². The van der Waals surface area contributed by atoms with Crippen molar-refractivity contribution >= 4 is 12.2 Å². The Balaban J connectivity index is 0.000000257. The van der Waals surface area contributed by atoms with Crippen LogP contribution in [0.1, 0.15) is 47.1 Å². The maximum Gasteiger partial charge on any atom is 0.410 e. The number of hydrogen-bond acceptors (Lipinski definition) is 6. The minimum Gasteiger partial charge on any atom is -0.444 e. The third-order valence-corrected chi connectivity index (χ3v) is 5.04. The first kappa shape index (κ1) is 26.9. The van der Waals surface area contributed by atoms with Gasteiger partial charge in [-0.3, -0.25) is 4.90 Å². The van der Waals surface area contributed by atoms with Crippen LogP contribution < -0.4 is 5.32 Å². The largest absolute Gasteiger partial charge is 0.444 e. The Morgan fingerprint density at radius 1 is 0.758 bits per heavy atom. The van der Waals surface area contributed by atoms with Crippen molar-refractivity contribution in [3.63, 3.8) is 0 Å². The lowest BCUT2D eigenvalue weighted by Gasteiger charge is -2.35. The number of benzene rings is 1. The summed E-state index contributed by atoms with van der Waals surface area (Å²) in [4.78, 5) is 29.4. The summed E-state index contributed by atoms with van der Waals surface area (Å²) in [6.07, 6.45) is -0.397. The molecule has 2 saturated heterocycles. The molecule has 2 aliphatic heterocycles.